The Bertz CT molecular complexity index is 490. The standard InChI is InChI=1S/C10H14N2O4S/c1-4-6-12-7-9(10(13)16-5-2)8(3)11-17(12,14)15/h4,7H,1,5-6H2,2-3H3. The van der Waals surface area contributed by atoms with Gasteiger partial charge in [0.1, 0.15) is 0 Å². The number of rotatable bonds is 4. The first-order chi connectivity index (χ1) is 7.92. The van der Waals surface area contributed by atoms with Crippen molar-refractivity contribution in [3.8, 4) is 0 Å². The van der Waals surface area contributed by atoms with Crippen LogP contribution < -0.4 is 0 Å². The minimum absolute atomic E-state index is 0.0576. The molecule has 1 heterocycles. The highest BCUT2D eigenvalue weighted by atomic mass is 32.2. The SMILES string of the molecule is C=CCN1C=C(C(=O)OCC)C(C)=NS1(=O)=O. The molecule has 0 saturated heterocycles. The predicted octanol–water partition coefficient (Wildman–Crippen LogP) is 0.641. The molecule has 0 saturated carbocycles. The zero-order valence-electron chi connectivity index (χ0n) is 9.71. The van der Waals surface area contributed by atoms with Gasteiger partial charge in [-0.3, -0.25) is 4.31 Å². The molecule has 1 aliphatic rings. The summed E-state index contributed by atoms with van der Waals surface area (Å²) in [5, 5.41) is 0. The Labute approximate surface area is 100 Å². The molecule has 6 nitrogen and oxygen atoms in total. The molecule has 17 heavy (non-hydrogen) atoms. The summed E-state index contributed by atoms with van der Waals surface area (Å²) in [6.07, 6.45) is 2.63. The molecule has 94 valence electrons. The van der Waals surface area contributed by atoms with Gasteiger partial charge >= 0.3 is 16.2 Å². The lowest BCUT2D eigenvalue weighted by atomic mass is 10.2. The second kappa shape index (κ2) is 5.13. The molecule has 0 aromatic carbocycles. The van der Waals surface area contributed by atoms with Gasteiger partial charge in [0.05, 0.1) is 24.4 Å². The van der Waals surface area contributed by atoms with Gasteiger partial charge in [-0.15, -0.1) is 11.0 Å². The largest absolute Gasteiger partial charge is 0.462 e. The summed E-state index contributed by atoms with van der Waals surface area (Å²) < 4.78 is 32.5. The molecule has 7 heteroatoms. The lowest BCUT2D eigenvalue weighted by Gasteiger charge is -2.21. The topological polar surface area (TPSA) is 76.0 Å². The Balaban J connectivity index is 3.11. The van der Waals surface area contributed by atoms with E-state index in [1.807, 2.05) is 0 Å². The Morgan fingerprint density at radius 3 is 2.82 bits per heavy atom. The van der Waals surface area contributed by atoms with Gasteiger partial charge in [-0.05, 0) is 13.8 Å². The summed E-state index contributed by atoms with van der Waals surface area (Å²) in [4.78, 5) is 11.6. The number of ether oxygens (including phenoxy) is 1. The molecule has 0 aliphatic carbocycles. The second-order valence-electron chi connectivity index (χ2n) is 3.28. The first kappa shape index (κ1) is 13.4. The quantitative estimate of drug-likeness (QED) is 0.547. The normalized spacial score (nSPS) is 18.1. The summed E-state index contributed by atoms with van der Waals surface area (Å²) in [6, 6.07) is 0. The monoisotopic (exact) mass is 258 g/mol. The van der Waals surface area contributed by atoms with Crippen molar-refractivity contribution in [2.24, 2.45) is 4.40 Å². The Morgan fingerprint density at radius 2 is 2.29 bits per heavy atom. The van der Waals surface area contributed by atoms with Crippen LogP contribution in [-0.4, -0.2) is 37.6 Å². The molecule has 0 amide bonds. The highest BCUT2D eigenvalue weighted by Gasteiger charge is 2.27. The van der Waals surface area contributed by atoms with Gasteiger partial charge in [0.15, 0.2) is 0 Å². The van der Waals surface area contributed by atoms with Gasteiger partial charge in [-0.2, -0.15) is 8.42 Å². The van der Waals surface area contributed by atoms with Crippen molar-refractivity contribution in [2.75, 3.05) is 13.2 Å². The van der Waals surface area contributed by atoms with Crippen LogP contribution in [-0.2, 0) is 19.7 Å². The van der Waals surface area contributed by atoms with Crippen molar-refractivity contribution in [3.05, 3.63) is 24.4 Å². The molecule has 0 fully saturated rings. The molecule has 0 bridgehead atoms. The average molecular weight is 258 g/mol. The smallest absolute Gasteiger partial charge is 0.344 e. The molecule has 0 radical (unpaired) electrons. The van der Waals surface area contributed by atoms with E-state index in [1.165, 1.54) is 19.2 Å². The number of carbonyl (C=O) groups excluding carboxylic acids is 1. The fourth-order valence-corrected chi connectivity index (χ4v) is 2.34. The lowest BCUT2D eigenvalue weighted by Crippen LogP contribution is -2.32. The average Bonchev–Trinajstić information content (AvgIpc) is 2.21. The van der Waals surface area contributed by atoms with Crippen LogP contribution in [0.25, 0.3) is 0 Å². The maximum atomic E-state index is 11.6. The molecule has 0 unspecified atom stereocenters. The van der Waals surface area contributed by atoms with E-state index in [0.29, 0.717) is 0 Å². The van der Waals surface area contributed by atoms with Crippen molar-refractivity contribution >= 4 is 21.9 Å². The Hall–Kier alpha value is -1.63. The second-order valence-corrected chi connectivity index (χ2v) is 4.82. The highest BCUT2D eigenvalue weighted by Crippen LogP contribution is 2.17. The van der Waals surface area contributed by atoms with Gasteiger partial charge in [-0.25, -0.2) is 4.79 Å². The van der Waals surface area contributed by atoms with E-state index in [9.17, 15) is 13.2 Å². The van der Waals surface area contributed by atoms with Gasteiger partial charge in [-0.1, -0.05) is 6.08 Å². The van der Waals surface area contributed by atoms with E-state index in [1.54, 1.807) is 6.92 Å². The number of hydrogen-bond acceptors (Lipinski definition) is 4. The maximum absolute atomic E-state index is 11.6. The number of hydrogen-bond donors (Lipinski definition) is 0. The van der Waals surface area contributed by atoms with Crippen molar-refractivity contribution in [1.82, 2.24) is 4.31 Å². The molecule has 0 spiro atoms. The summed E-state index contributed by atoms with van der Waals surface area (Å²) in [7, 11) is -3.75. The van der Waals surface area contributed by atoms with E-state index in [-0.39, 0.29) is 24.4 Å². The molecule has 1 rings (SSSR count). The summed E-state index contributed by atoms with van der Waals surface area (Å²) in [5.41, 5.74) is 0.271. The fourth-order valence-electron chi connectivity index (χ4n) is 1.26. The van der Waals surface area contributed by atoms with E-state index >= 15 is 0 Å². The van der Waals surface area contributed by atoms with Crippen LogP contribution >= 0.6 is 0 Å². The van der Waals surface area contributed by atoms with Crippen molar-refractivity contribution < 1.29 is 17.9 Å². The molecule has 1 aliphatic heterocycles. The number of esters is 1. The zero-order chi connectivity index (χ0) is 13.1. The third kappa shape index (κ3) is 2.94. The van der Waals surface area contributed by atoms with E-state index in [2.05, 4.69) is 11.0 Å². The van der Waals surface area contributed by atoms with Crippen molar-refractivity contribution in [1.29, 1.82) is 0 Å². The minimum Gasteiger partial charge on any atom is -0.462 e. The lowest BCUT2D eigenvalue weighted by molar-refractivity contribution is -0.137. The molecular weight excluding hydrogens is 244 g/mol. The molecule has 0 atom stereocenters. The third-order valence-corrected chi connectivity index (χ3v) is 3.37. The predicted molar refractivity (Wildman–Crippen MR) is 63.6 cm³/mol. The summed E-state index contributed by atoms with van der Waals surface area (Å²) >= 11 is 0. The highest BCUT2D eigenvalue weighted by molar-refractivity contribution is 7.88. The van der Waals surface area contributed by atoms with E-state index in [0.717, 1.165) is 4.31 Å². The number of nitrogens with zero attached hydrogens (tertiary/aromatic N) is 2. The first-order valence-electron chi connectivity index (χ1n) is 5.01. The minimum atomic E-state index is -3.75. The molecular formula is C10H14N2O4S. The first-order valence-corrected chi connectivity index (χ1v) is 6.40. The van der Waals surface area contributed by atoms with E-state index in [4.69, 9.17) is 4.74 Å². The van der Waals surface area contributed by atoms with Crippen LogP contribution in [0, 0.1) is 0 Å². The van der Waals surface area contributed by atoms with Crippen LogP contribution in [0.15, 0.2) is 28.8 Å². The van der Waals surface area contributed by atoms with Gasteiger partial charge in [0, 0.05) is 6.20 Å². The van der Waals surface area contributed by atoms with Gasteiger partial charge in [0.25, 0.3) is 0 Å². The maximum Gasteiger partial charge on any atom is 0.344 e. The van der Waals surface area contributed by atoms with Gasteiger partial charge < -0.3 is 4.74 Å². The van der Waals surface area contributed by atoms with Crippen LogP contribution in [0.3, 0.4) is 0 Å². The molecule has 0 N–H and O–H groups in total. The van der Waals surface area contributed by atoms with Crippen LogP contribution in [0.5, 0.6) is 0 Å². The summed E-state index contributed by atoms with van der Waals surface area (Å²) in [6.45, 7) is 6.85. The molecule has 0 aromatic heterocycles. The Morgan fingerprint density at radius 1 is 1.65 bits per heavy atom. The third-order valence-electron chi connectivity index (χ3n) is 2.02. The van der Waals surface area contributed by atoms with Crippen molar-refractivity contribution in [3.63, 3.8) is 0 Å². The summed E-state index contributed by atoms with van der Waals surface area (Å²) in [5.74, 6) is -0.585. The van der Waals surface area contributed by atoms with Crippen LogP contribution in [0.4, 0.5) is 0 Å². The van der Waals surface area contributed by atoms with Crippen molar-refractivity contribution in [2.45, 2.75) is 13.8 Å². The van der Waals surface area contributed by atoms with Crippen LogP contribution in [0.2, 0.25) is 0 Å². The zero-order valence-corrected chi connectivity index (χ0v) is 10.5. The Kier molecular flexibility index (Phi) is 4.06. The van der Waals surface area contributed by atoms with Crippen LogP contribution in [0.1, 0.15) is 13.8 Å². The van der Waals surface area contributed by atoms with Gasteiger partial charge in [0.2, 0.25) is 0 Å². The number of carbonyl (C=O) groups is 1. The molecule has 0 aromatic rings. The van der Waals surface area contributed by atoms with E-state index < -0.39 is 16.2 Å². The fraction of sp³-hybridized carbons (Fsp3) is 0.400.